The molecule has 0 bridgehead atoms. The van der Waals surface area contributed by atoms with Gasteiger partial charge in [0.25, 0.3) is 5.69 Å². The van der Waals surface area contributed by atoms with Crippen LogP contribution in [0.25, 0.3) is 10.9 Å². The highest BCUT2D eigenvalue weighted by atomic mass is 35.5. The van der Waals surface area contributed by atoms with Crippen LogP contribution in [0.3, 0.4) is 0 Å². The van der Waals surface area contributed by atoms with Crippen LogP contribution in [0.4, 0.5) is 17.3 Å². The Kier molecular flexibility index (Phi) is 5.48. The number of non-ortho nitro benzene ring substituents is 1. The first kappa shape index (κ1) is 19.6. The van der Waals surface area contributed by atoms with Crippen LogP contribution in [-0.2, 0) is 11.2 Å². The van der Waals surface area contributed by atoms with Crippen LogP contribution in [0.2, 0.25) is 10.0 Å². The summed E-state index contributed by atoms with van der Waals surface area (Å²) in [7, 11) is 0. The predicted octanol–water partition coefficient (Wildman–Crippen LogP) is 4.31. The van der Waals surface area contributed by atoms with E-state index >= 15 is 0 Å². The average Bonchev–Trinajstić information content (AvgIpc) is 2.62. The predicted molar refractivity (Wildman–Crippen MR) is 104 cm³/mol. The minimum Gasteiger partial charge on any atom is -0.493 e. The summed E-state index contributed by atoms with van der Waals surface area (Å²) in [5, 5.41) is 33.9. The smallest absolute Gasteiger partial charge is 0.303 e. The number of aliphatic carboxylic acids is 1. The minimum absolute atomic E-state index is 0.00379. The van der Waals surface area contributed by atoms with E-state index in [2.05, 4.69) is 15.3 Å². The summed E-state index contributed by atoms with van der Waals surface area (Å²) in [6.07, 6.45) is -0.257. The van der Waals surface area contributed by atoms with Gasteiger partial charge in [-0.2, -0.15) is 4.98 Å². The van der Waals surface area contributed by atoms with Crippen LogP contribution in [0.15, 0.2) is 30.3 Å². The van der Waals surface area contributed by atoms with Crippen molar-refractivity contribution >= 4 is 57.4 Å². The number of aromatic nitrogens is 2. The topological polar surface area (TPSA) is 138 Å². The van der Waals surface area contributed by atoms with Crippen molar-refractivity contribution in [2.45, 2.75) is 12.8 Å². The number of carbonyl (C=O) groups is 1. The van der Waals surface area contributed by atoms with E-state index < -0.39 is 16.8 Å². The molecule has 2 aromatic carbocycles. The fourth-order valence-electron chi connectivity index (χ4n) is 2.57. The number of aromatic hydroxyl groups is 1. The molecule has 0 spiro atoms. The van der Waals surface area contributed by atoms with Crippen LogP contribution in [0.1, 0.15) is 12.0 Å². The van der Waals surface area contributed by atoms with E-state index in [-0.39, 0.29) is 35.4 Å². The standard InChI is InChI=1S/C17H12Cl2N4O5/c18-12-3-2-9(6-13(12)19)20-17-21-15-8(1-4-14(24)25)5-10(23(27)28)7-11(15)16(26)22-17/h2-3,5-7H,1,4H2,(H,24,25)(H2,20,21,22,26). The molecule has 1 aromatic heterocycles. The lowest BCUT2D eigenvalue weighted by Crippen LogP contribution is -2.03. The fourth-order valence-corrected chi connectivity index (χ4v) is 2.87. The Bertz CT molecular complexity index is 1110. The van der Waals surface area contributed by atoms with E-state index in [4.69, 9.17) is 28.3 Å². The average molecular weight is 423 g/mol. The molecule has 0 radical (unpaired) electrons. The summed E-state index contributed by atoms with van der Waals surface area (Å²) in [6, 6.07) is 7.10. The molecule has 1 heterocycles. The number of rotatable bonds is 6. The molecule has 0 fully saturated rings. The highest BCUT2D eigenvalue weighted by molar-refractivity contribution is 6.42. The van der Waals surface area contributed by atoms with Crippen molar-refractivity contribution < 1.29 is 19.9 Å². The maximum absolute atomic E-state index is 11.1. The number of carboxylic acid groups (broad SMARTS) is 1. The lowest BCUT2D eigenvalue weighted by Gasteiger charge is -2.10. The van der Waals surface area contributed by atoms with Gasteiger partial charge >= 0.3 is 5.97 Å². The number of fused-ring (bicyclic) bond motifs is 1. The third-order valence-corrected chi connectivity index (χ3v) is 4.58. The van der Waals surface area contributed by atoms with E-state index in [1.165, 1.54) is 12.1 Å². The van der Waals surface area contributed by atoms with Gasteiger partial charge in [0.15, 0.2) is 0 Å². The van der Waals surface area contributed by atoms with Crippen LogP contribution < -0.4 is 5.32 Å². The molecule has 0 aliphatic carbocycles. The van der Waals surface area contributed by atoms with Gasteiger partial charge < -0.3 is 15.5 Å². The SMILES string of the molecule is O=C(O)CCc1cc([N+](=O)[O-])cc2c(O)nc(Nc3ccc(Cl)c(Cl)c3)nc12. The Morgan fingerprint density at radius 1 is 1.18 bits per heavy atom. The Labute approximate surface area is 167 Å². The summed E-state index contributed by atoms with van der Waals surface area (Å²) in [5.74, 6) is -1.53. The molecule has 0 aliphatic heterocycles. The first-order chi connectivity index (χ1) is 13.2. The summed E-state index contributed by atoms with van der Waals surface area (Å²) < 4.78 is 0. The molecule has 3 rings (SSSR count). The first-order valence-electron chi connectivity index (χ1n) is 7.86. The third kappa shape index (κ3) is 4.21. The summed E-state index contributed by atoms with van der Waals surface area (Å²) in [5.41, 5.74) is 0.725. The van der Waals surface area contributed by atoms with Gasteiger partial charge in [0.1, 0.15) is 0 Å². The van der Waals surface area contributed by atoms with Crippen molar-refractivity contribution in [1.82, 2.24) is 9.97 Å². The zero-order valence-electron chi connectivity index (χ0n) is 14.0. The van der Waals surface area contributed by atoms with Gasteiger partial charge in [-0.3, -0.25) is 14.9 Å². The molecular formula is C17H12Cl2N4O5. The molecule has 11 heteroatoms. The second kappa shape index (κ2) is 7.83. The van der Waals surface area contributed by atoms with E-state index in [0.29, 0.717) is 21.3 Å². The maximum Gasteiger partial charge on any atom is 0.303 e. The molecule has 3 N–H and O–H groups in total. The van der Waals surface area contributed by atoms with Crippen molar-refractivity contribution in [3.63, 3.8) is 0 Å². The molecule has 3 aromatic rings. The number of hydrogen-bond acceptors (Lipinski definition) is 7. The second-order valence-electron chi connectivity index (χ2n) is 5.78. The van der Waals surface area contributed by atoms with Crippen LogP contribution >= 0.6 is 23.2 Å². The van der Waals surface area contributed by atoms with Crippen molar-refractivity contribution in [1.29, 1.82) is 0 Å². The van der Waals surface area contributed by atoms with Crippen molar-refractivity contribution in [2.24, 2.45) is 0 Å². The van der Waals surface area contributed by atoms with E-state index in [9.17, 15) is 20.0 Å². The van der Waals surface area contributed by atoms with Crippen LogP contribution in [-0.4, -0.2) is 31.1 Å². The summed E-state index contributed by atoms with van der Waals surface area (Å²) >= 11 is 11.8. The van der Waals surface area contributed by atoms with Gasteiger partial charge in [0, 0.05) is 24.2 Å². The number of anilines is 2. The molecule has 144 valence electrons. The Morgan fingerprint density at radius 3 is 2.57 bits per heavy atom. The van der Waals surface area contributed by atoms with Crippen molar-refractivity contribution in [3.8, 4) is 5.88 Å². The van der Waals surface area contributed by atoms with Gasteiger partial charge in [-0.1, -0.05) is 23.2 Å². The molecular weight excluding hydrogens is 411 g/mol. The Morgan fingerprint density at radius 2 is 1.93 bits per heavy atom. The molecule has 0 saturated heterocycles. The lowest BCUT2D eigenvalue weighted by molar-refractivity contribution is -0.384. The number of nitro benzene ring substituents is 1. The van der Waals surface area contributed by atoms with Gasteiger partial charge in [-0.15, -0.1) is 0 Å². The normalized spacial score (nSPS) is 10.8. The number of nitrogens with zero attached hydrogens (tertiary/aromatic N) is 3. The molecule has 0 aliphatic rings. The van der Waals surface area contributed by atoms with Crippen molar-refractivity contribution in [2.75, 3.05) is 5.32 Å². The molecule has 0 amide bonds. The van der Waals surface area contributed by atoms with Gasteiger partial charge in [0.2, 0.25) is 11.8 Å². The fraction of sp³-hybridized carbons (Fsp3) is 0.118. The van der Waals surface area contributed by atoms with Crippen LogP contribution in [0.5, 0.6) is 5.88 Å². The number of aryl methyl sites for hydroxylation is 1. The minimum atomic E-state index is -1.06. The number of carboxylic acids is 1. The zero-order valence-corrected chi connectivity index (χ0v) is 15.5. The van der Waals surface area contributed by atoms with E-state index in [1.807, 2.05) is 0 Å². The third-order valence-electron chi connectivity index (χ3n) is 3.84. The summed E-state index contributed by atoms with van der Waals surface area (Å²) in [4.78, 5) is 29.6. The molecule has 9 nitrogen and oxygen atoms in total. The zero-order chi connectivity index (χ0) is 20.4. The van der Waals surface area contributed by atoms with Crippen molar-refractivity contribution in [3.05, 3.63) is 56.1 Å². The number of nitro groups is 1. The van der Waals surface area contributed by atoms with Gasteiger partial charge in [0.05, 0.1) is 25.9 Å². The van der Waals surface area contributed by atoms with Crippen LogP contribution in [0, 0.1) is 10.1 Å². The van der Waals surface area contributed by atoms with Gasteiger partial charge in [-0.05, 0) is 30.2 Å². The lowest BCUT2D eigenvalue weighted by atomic mass is 10.0. The van der Waals surface area contributed by atoms with Gasteiger partial charge in [-0.25, -0.2) is 4.98 Å². The summed E-state index contributed by atoms with van der Waals surface area (Å²) in [6.45, 7) is 0. The highest BCUT2D eigenvalue weighted by Crippen LogP contribution is 2.32. The first-order valence-corrected chi connectivity index (χ1v) is 8.62. The molecule has 0 unspecified atom stereocenters. The Hall–Kier alpha value is -3.17. The van der Waals surface area contributed by atoms with E-state index in [0.717, 1.165) is 6.07 Å². The quantitative estimate of drug-likeness (QED) is 0.394. The number of halogens is 2. The second-order valence-corrected chi connectivity index (χ2v) is 6.59. The maximum atomic E-state index is 11.1. The molecule has 28 heavy (non-hydrogen) atoms. The number of hydrogen-bond donors (Lipinski definition) is 3. The highest BCUT2D eigenvalue weighted by Gasteiger charge is 2.18. The van der Waals surface area contributed by atoms with E-state index in [1.54, 1.807) is 12.1 Å². The number of benzene rings is 2. The molecule has 0 saturated carbocycles. The largest absolute Gasteiger partial charge is 0.493 e. The molecule has 0 atom stereocenters. The number of nitrogens with one attached hydrogen (secondary N) is 1. The monoisotopic (exact) mass is 422 g/mol. The Balaban J connectivity index is 2.09.